The SMILES string of the molecule is CNC1CC(c2ccccc2Cl)Oc2cc(OC)ccc21. The summed E-state index contributed by atoms with van der Waals surface area (Å²) in [5.74, 6) is 1.65. The Morgan fingerprint density at radius 3 is 2.71 bits per heavy atom. The van der Waals surface area contributed by atoms with Gasteiger partial charge in [0.1, 0.15) is 17.6 Å². The van der Waals surface area contributed by atoms with E-state index in [2.05, 4.69) is 11.4 Å². The first-order valence-corrected chi connectivity index (χ1v) is 7.37. The fraction of sp³-hybridized carbons (Fsp3) is 0.294. The summed E-state index contributed by atoms with van der Waals surface area (Å²) in [4.78, 5) is 0. The Kier molecular flexibility index (Phi) is 4.04. The molecule has 0 saturated heterocycles. The second-order valence-electron chi connectivity index (χ2n) is 5.11. The number of hydrogen-bond acceptors (Lipinski definition) is 3. The fourth-order valence-electron chi connectivity index (χ4n) is 2.77. The van der Waals surface area contributed by atoms with E-state index < -0.39 is 0 Å². The lowest BCUT2D eigenvalue weighted by Crippen LogP contribution is -2.26. The van der Waals surface area contributed by atoms with Crippen molar-refractivity contribution in [2.24, 2.45) is 0 Å². The third kappa shape index (κ3) is 2.71. The largest absolute Gasteiger partial charge is 0.497 e. The van der Waals surface area contributed by atoms with Crippen LogP contribution in [0.25, 0.3) is 0 Å². The van der Waals surface area contributed by atoms with Crippen LogP contribution in [0, 0.1) is 0 Å². The van der Waals surface area contributed by atoms with Crippen LogP contribution in [0.4, 0.5) is 0 Å². The molecule has 3 rings (SSSR count). The number of benzene rings is 2. The van der Waals surface area contributed by atoms with E-state index in [0.29, 0.717) is 0 Å². The topological polar surface area (TPSA) is 30.5 Å². The maximum Gasteiger partial charge on any atom is 0.128 e. The molecule has 21 heavy (non-hydrogen) atoms. The van der Waals surface area contributed by atoms with Gasteiger partial charge >= 0.3 is 0 Å². The van der Waals surface area contributed by atoms with Crippen LogP contribution in [0.5, 0.6) is 11.5 Å². The molecule has 0 saturated carbocycles. The predicted molar refractivity (Wildman–Crippen MR) is 84.2 cm³/mol. The highest BCUT2D eigenvalue weighted by molar-refractivity contribution is 6.31. The first-order valence-electron chi connectivity index (χ1n) is 6.99. The maximum absolute atomic E-state index is 6.31. The Morgan fingerprint density at radius 1 is 1.19 bits per heavy atom. The third-order valence-corrected chi connectivity index (χ3v) is 4.26. The Bertz CT molecular complexity index is 644. The second-order valence-corrected chi connectivity index (χ2v) is 5.52. The van der Waals surface area contributed by atoms with Crippen molar-refractivity contribution in [1.82, 2.24) is 5.32 Å². The molecule has 0 amide bonds. The summed E-state index contributed by atoms with van der Waals surface area (Å²) in [5.41, 5.74) is 2.18. The normalized spacial score (nSPS) is 20.5. The van der Waals surface area contributed by atoms with Crippen molar-refractivity contribution >= 4 is 11.6 Å². The molecule has 2 unspecified atom stereocenters. The van der Waals surface area contributed by atoms with Gasteiger partial charge in [-0.25, -0.2) is 0 Å². The zero-order valence-electron chi connectivity index (χ0n) is 12.1. The van der Waals surface area contributed by atoms with Gasteiger partial charge in [0.25, 0.3) is 0 Å². The predicted octanol–water partition coefficient (Wildman–Crippen LogP) is 4.13. The van der Waals surface area contributed by atoms with E-state index in [1.54, 1.807) is 7.11 Å². The molecule has 3 nitrogen and oxygen atoms in total. The Hall–Kier alpha value is -1.71. The van der Waals surface area contributed by atoms with Crippen LogP contribution in [0.15, 0.2) is 42.5 Å². The summed E-state index contributed by atoms with van der Waals surface area (Å²) >= 11 is 6.31. The van der Waals surface area contributed by atoms with Gasteiger partial charge in [0.05, 0.1) is 7.11 Å². The van der Waals surface area contributed by atoms with E-state index in [9.17, 15) is 0 Å². The van der Waals surface area contributed by atoms with Gasteiger partial charge in [-0.2, -0.15) is 0 Å². The number of nitrogens with one attached hydrogen (secondary N) is 1. The summed E-state index contributed by atoms with van der Waals surface area (Å²) in [6.45, 7) is 0. The molecule has 1 heterocycles. The molecule has 2 atom stereocenters. The molecule has 0 spiro atoms. The minimum atomic E-state index is -0.0595. The molecule has 0 aliphatic carbocycles. The van der Waals surface area contributed by atoms with Gasteiger partial charge in [0.15, 0.2) is 0 Å². The van der Waals surface area contributed by atoms with Gasteiger partial charge in [0, 0.05) is 34.7 Å². The zero-order valence-corrected chi connectivity index (χ0v) is 12.9. The van der Waals surface area contributed by atoms with Crippen LogP contribution in [-0.2, 0) is 0 Å². The monoisotopic (exact) mass is 303 g/mol. The molecule has 0 bridgehead atoms. The van der Waals surface area contributed by atoms with Crippen LogP contribution >= 0.6 is 11.6 Å². The second kappa shape index (κ2) is 5.96. The van der Waals surface area contributed by atoms with Crippen molar-refractivity contribution in [2.45, 2.75) is 18.6 Å². The van der Waals surface area contributed by atoms with E-state index in [0.717, 1.165) is 34.1 Å². The molecule has 0 aromatic heterocycles. The summed E-state index contributed by atoms with van der Waals surface area (Å²) in [6, 6.07) is 14.0. The van der Waals surface area contributed by atoms with Crippen molar-refractivity contribution in [3.8, 4) is 11.5 Å². The Balaban J connectivity index is 1.99. The lowest BCUT2D eigenvalue weighted by Gasteiger charge is -2.33. The van der Waals surface area contributed by atoms with Gasteiger partial charge < -0.3 is 14.8 Å². The van der Waals surface area contributed by atoms with E-state index in [1.807, 2.05) is 43.4 Å². The number of halogens is 1. The molecule has 110 valence electrons. The van der Waals surface area contributed by atoms with Crippen LogP contribution in [0.1, 0.15) is 29.7 Å². The summed E-state index contributed by atoms with van der Waals surface area (Å²) < 4.78 is 11.5. The van der Waals surface area contributed by atoms with Gasteiger partial charge in [-0.05, 0) is 19.2 Å². The highest BCUT2D eigenvalue weighted by Gasteiger charge is 2.29. The minimum absolute atomic E-state index is 0.0595. The number of rotatable bonds is 3. The number of hydrogen-bond donors (Lipinski definition) is 1. The fourth-order valence-corrected chi connectivity index (χ4v) is 3.03. The lowest BCUT2D eigenvalue weighted by atomic mass is 9.93. The van der Waals surface area contributed by atoms with Gasteiger partial charge in [-0.3, -0.25) is 0 Å². The molecular formula is C17H18ClNO2. The van der Waals surface area contributed by atoms with E-state index in [-0.39, 0.29) is 12.1 Å². The summed E-state index contributed by atoms with van der Waals surface area (Å²) in [6.07, 6.45) is 0.787. The quantitative estimate of drug-likeness (QED) is 0.924. The van der Waals surface area contributed by atoms with Crippen molar-refractivity contribution in [3.05, 3.63) is 58.6 Å². The van der Waals surface area contributed by atoms with Crippen molar-refractivity contribution in [3.63, 3.8) is 0 Å². The average Bonchev–Trinajstić information content (AvgIpc) is 2.53. The van der Waals surface area contributed by atoms with E-state index in [4.69, 9.17) is 21.1 Å². The molecule has 0 fully saturated rings. The Labute approximate surface area is 129 Å². The Morgan fingerprint density at radius 2 is 2.00 bits per heavy atom. The number of ether oxygens (including phenoxy) is 2. The van der Waals surface area contributed by atoms with Gasteiger partial charge in [-0.1, -0.05) is 35.9 Å². The van der Waals surface area contributed by atoms with Gasteiger partial charge in [-0.15, -0.1) is 0 Å². The first-order chi connectivity index (χ1) is 10.2. The highest BCUT2D eigenvalue weighted by Crippen LogP contribution is 2.43. The molecule has 0 radical (unpaired) electrons. The maximum atomic E-state index is 6.31. The zero-order chi connectivity index (χ0) is 14.8. The smallest absolute Gasteiger partial charge is 0.128 e. The lowest BCUT2D eigenvalue weighted by molar-refractivity contribution is 0.153. The van der Waals surface area contributed by atoms with Crippen LogP contribution in [0.3, 0.4) is 0 Å². The molecule has 2 aromatic rings. The van der Waals surface area contributed by atoms with Crippen LogP contribution in [-0.4, -0.2) is 14.2 Å². The molecule has 1 aliphatic rings. The van der Waals surface area contributed by atoms with Crippen molar-refractivity contribution in [1.29, 1.82) is 0 Å². The highest BCUT2D eigenvalue weighted by atomic mass is 35.5. The van der Waals surface area contributed by atoms with Crippen molar-refractivity contribution in [2.75, 3.05) is 14.2 Å². The molecule has 4 heteroatoms. The summed E-state index contributed by atoms with van der Waals surface area (Å²) in [7, 11) is 3.62. The molecule has 1 aliphatic heterocycles. The van der Waals surface area contributed by atoms with Crippen molar-refractivity contribution < 1.29 is 9.47 Å². The van der Waals surface area contributed by atoms with Gasteiger partial charge in [0.2, 0.25) is 0 Å². The van der Waals surface area contributed by atoms with E-state index >= 15 is 0 Å². The van der Waals surface area contributed by atoms with E-state index in [1.165, 1.54) is 0 Å². The average molecular weight is 304 g/mol. The minimum Gasteiger partial charge on any atom is -0.497 e. The number of methoxy groups -OCH3 is 1. The van der Waals surface area contributed by atoms with Crippen LogP contribution in [0.2, 0.25) is 5.02 Å². The number of fused-ring (bicyclic) bond motifs is 1. The third-order valence-electron chi connectivity index (χ3n) is 3.92. The molecule has 2 aromatic carbocycles. The van der Waals surface area contributed by atoms with Crippen LogP contribution < -0.4 is 14.8 Å². The standard InChI is InChI=1S/C17H18ClNO2/c1-19-15-10-17(12-5-3-4-6-14(12)18)21-16-9-11(20-2)7-8-13(15)16/h3-9,15,17,19H,10H2,1-2H3. The molecular weight excluding hydrogens is 286 g/mol. The summed E-state index contributed by atoms with van der Waals surface area (Å²) in [5, 5.41) is 4.09. The molecule has 1 N–H and O–H groups in total. The first kappa shape index (κ1) is 14.2.